The number of carbonyl (C=O) groups is 2. The minimum absolute atomic E-state index is 0.195. The molecule has 0 aliphatic rings. The second kappa shape index (κ2) is 8.53. The van der Waals surface area contributed by atoms with Crippen molar-refractivity contribution < 1.29 is 18.0 Å². The Balaban J connectivity index is 2.22. The van der Waals surface area contributed by atoms with Crippen molar-refractivity contribution in [2.45, 2.75) is 0 Å². The van der Waals surface area contributed by atoms with Gasteiger partial charge in [-0.05, 0) is 52.3 Å². The summed E-state index contributed by atoms with van der Waals surface area (Å²) in [6.45, 7) is -0.388. The summed E-state index contributed by atoms with van der Waals surface area (Å²) in [7, 11) is -0.439. The molecule has 0 fully saturated rings. The van der Waals surface area contributed by atoms with Crippen LogP contribution in [0.15, 0.2) is 53.0 Å². The molecule has 9 heteroatoms. The fourth-order valence-corrected chi connectivity index (χ4v) is 3.55. The number of nitrogens with zero attached hydrogens (tertiary/aromatic N) is 2. The smallest absolute Gasteiger partial charge is 0.253 e. The van der Waals surface area contributed by atoms with E-state index in [2.05, 4.69) is 21.2 Å². The predicted octanol–water partition coefficient (Wildman–Crippen LogP) is 2.56. The number of rotatable bonds is 6. The number of para-hydroxylation sites is 1. The van der Waals surface area contributed by atoms with Gasteiger partial charge in [0.25, 0.3) is 5.91 Å². The highest BCUT2D eigenvalue weighted by Gasteiger charge is 2.21. The molecule has 0 spiro atoms. The van der Waals surface area contributed by atoms with Crippen molar-refractivity contribution in [3.63, 3.8) is 0 Å². The van der Waals surface area contributed by atoms with Crippen LogP contribution in [0.5, 0.6) is 0 Å². The number of hydrogen-bond donors (Lipinski definition) is 1. The van der Waals surface area contributed by atoms with Crippen LogP contribution in [-0.4, -0.2) is 52.0 Å². The molecule has 0 saturated carbocycles. The van der Waals surface area contributed by atoms with Crippen molar-refractivity contribution in [1.29, 1.82) is 0 Å². The van der Waals surface area contributed by atoms with Gasteiger partial charge in [0.15, 0.2) is 0 Å². The second-order valence-electron chi connectivity index (χ2n) is 6.04. The first-order valence-electron chi connectivity index (χ1n) is 7.93. The maximum atomic E-state index is 12.4. The third-order valence-corrected chi connectivity index (χ3v) is 5.48. The lowest BCUT2D eigenvalue weighted by Crippen LogP contribution is -2.37. The van der Waals surface area contributed by atoms with Gasteiger partial charge in [0.05, 0.1) is 17.6 Å². The molecule has 2 rings (SSSR count). The van der Waals surface area contributed by atoms with Gasteiger partial charge in [-0.15, -0.1) is 0 Å². The van der Waals surface area contributed by atoms with Crippen molar-refractivity contribution in [2.24, 2.45) is 0 Å². The zero-order chi connectivity index (χ0) is 20.2. The molecule has 0 aliphatic carbocycles. The molecule has 0 atom stereocenters. The lowest BCUT2D eigenvalue weighted by atomic mass is 10.2. The number of anilines is 2. The summed E-state index contributed by atoms with van der Waals surface area (Å²) in [6.07, 6.45) is 1.03. The number of sulfonamides is 1. The Kier molecular flexibility index (Phi) is 6.61. The molecular formula is C18H20BrN3O4S. The number of amides is 2. The molecule has 2 amide bonds. The molecule has 0 aliphatic heterocycles. The summed E-state index contributed by atoms with van der Waals surface area (Å²) >= 11 is 3.33. The van der Waals surface area contributed by atoms with Crippen molar-refractivity contribution in [2.75, 3.05) is 36.5 Å². The van der Waals surface area contributed by atoms with Crippen LogP contribution in [0.4, 0.5) is 11.4 Å². The van der Waals surface area contributed by atoms with Gasteiger partial charge in [-0.1, -0.05) is 12.1 Å². The molecule has 0 unspecified atom stereocenters. The number of halogens is 1. The Labute approximate surface area is 167 Å². The van der Waals surface area contributed by atoms with E-state index in [1.165, 1.54) is 29.2 Å². The summed E-state index contributed by atoms with van der Waals surface area (Å²) in [5, 5.41) is 2.67. The first-order valence-corrected chi connectivity index (χ1v) is 10.6. The minimum atomic E-state index is -3.70. The van der Waals surface area contributed by atoms with Gasteiger partial charge in [0.1, 0.15) is 6.54 Å². The van der Waals surface area contributed by atoms with Crippen LogP contribution < -0.4 is 9.62 Å². The summed E-state index contributed by atoms with van der Waals surface area (Å²) in [5.74, 6) is -0.681. The highest BCUT2D eigenvalue weighted by Crippen LogP contribution is 2.22. The lowest BCUT2D eigenvalue weighted by molar-refractivity contribution is -0.114. The Hall–Kier alpha value is -2.39. The van der Waals surface area contributed by atoms with Gasteiger partial charge in [0.2, 0.25) is 15.9 Å². The highest BCUT2D eigenvalue weighted by atomic mass is 79.9. The SMILES string of the molecule is CN(C)C(=O)c1ccc(N(CC(=O)Nc2ccccc2Br)S(C)(=O)=O)cc1. The predicted molar refractivity (Wildman–Crippen MR) is 109 cm³/mol. The lowest BCUT2D eigenvalue weighted by Gasteiger charge is -2.22. The van der Waals surface area contributed by atoms with E-state index in [0.717, 1.165) is 10.6 Å². The van der Waals surface area contributed by atoms with Crippen molar-refractivity contribution in [3.8, 4) is 0 Å². The molecule has 2 aromatic rings. The fourth-order valence-electron chi connectivity index (χ4n) is 2.31. The van der Waals surface area contributed by atoms with E-state index in [0.29, 0.717) is 21.4 Å². The molecule has 144 valence electrons. The molecule has 1 N–H and O–H groups in total. The van der Waals surface area contributed by atoms with E-state index in [4.69, 9.17) is 0 Å². The van der Waals surface area contributed by atoms with Gasteiger partial charge >= 0.3 is 0 Å². The fraction of sp³-hybridized carbons (Fsp3) is 0.222. The standard InChI is InChI=1S/C18H20BrN3O4S/c1-21(2)18(24)13-8-10-14(11-9-13)22(27(3,25)26)12-17(23)20-16-7-5-4-6-15(16)19/h4-11H,12H2,1-3H3,(H,20,23). The number of benzene rings is 2. The van der Waals surface area contributed by atoms with Gasteiger partial charge in [0, 0.05) is 24.1 Å². The topological polar surface area (TPSA) is 86.8 Å². The summed E-state index contributed by atoms with van der Waals surface area (Å²) in [4.78, 5) is 25.7. The normalized spacial score (nSPS) is 11.0. The van der Waals surface area contributed by atoms with Gasteiger partial charge in [-0.25, -0.2) is 8.42 Å². The first kappa shape index (κ1) is 20.9. The van der Waals surface area contributed by atoms with Crippen molar-refractivity contribution >= 4 is 49.1 Å². The average Bonchev–Trinajstić information content (AvgIpc) is 2.60. The second-order valence-corrected chi connectivity index (χ2v) is 8.81. The van der Waals surface area contributed by atoms with E-state index >= 15 is 0 Å². The average molecular weight is 454 g/mol. The maximum Gasteiger partial charge on any atom is 0.253 e. The molecule has 0 aromatic heterocycles. The minimum Gasteiger partial charge on any atom is -0.345 e. The third-order valence-electron chi connectivity index (χ3n) is 3.64. The number of carbonyl (C=O) groups excluding carboxylic acids is 2. The molecule has 2 aromatic carbocycles. The molecule has 7 nitrogen and oxygen atoms in total. The Bertz CT molecular complexity index is 943. The zero-order valence-electron chi connectivity index (χ0n) is 15.1. The van der Waals surface area contributed by atoms with E-state index in [-0.39, 0.29) is 12.5 Å². The quantitative estimate of drug-likeness (QED) is 0.727. The van der Waals surface area contributed by atoms with E-state index < -0.39 is 15.9 Å². The third kappa shape index (κ3) is 5.54. The van der Waals surface area contributed by atoms with E-state index in [9.17, 15) is 18.0 Å². The van der Waals surface area contributed by atoms with Gasteiger partial charge < -0.3 is 10.2 Å². The molecule has 0 saturated heterocycles. The van der Waals surface area contributed by atoms with E-state index in [1.54, 1.807) is 38.4 Å². The van der Waals surface area contributed by atoms with Crippen LogP contribution in [0.25, 0.3) is 0 Å². The number of nitrogens with one attached hydrogen (secondary N) is 1. The Morgan fingerprint density at radius 1 is 1.04 bits per heavy atom. The number of hydrogen-bond acceptors (Lipinski definition) is 4. The summed E-state index contributed by atoms with van der Waals surface area (Å²) in [6, 6.07) is 13.1. The van der Waals surface area contributed by atoms with Crippen LogP contribution in [0.1, 0.15) is 10.4 Å². The van der Waals surface area contributed by atoms with Crippen LogP contribution in [0.2, 0.25) is 0 Å². The highest BCUT2D eigenvalue weighted by molar-refractivity contribution is 9.10. The molecule has 27 heavy (non-hydrogen) atoms. The van der Waals surface area contributed by atoms with Crippen LogP contribution >= 0.6 is 15.9 Å². The van der Waals surface area contributed by atoms with Gasteiger partial charge in [-0.2, -0.15) is 0 Å². The van der Waals surface area contributed by atoms with Crippen molar-refractivity contribution in [3.05, 3.63) is 58.6 Å². The van der Waals surface area contributed by atoms with Gasteiger partial charge in [-0.3, -0.25) is 13.9 Å². The zero-order valence-corrected chi connectivity index (χ0v) is 17.5. The molecule has 0 bridgehead atoms. The van der Waals surface area contributed by atoms with Crippen molar-refractivity contribution in [1.82, 2.24) is 4.90 Å². The van der Waals surface area contributed by atoms with Crippen LogP contribution in [0, 0.1) is 0 Å². The molecule has 0 radical (unpaired) electrons. The maximum absolute atomic E-state index is 12.4. The molecular weight excluding hydrogens is 434 g/mol. The summed E-state index contributed by atoms with van der Waals surface area (Å²) in [5.41, 5.74) is 1.27. The van der Waals surface area contributed by atoms with E-state index in [1.807, 2.05) is 0 Å². The Morgan fingerprint density at radius 2 is 1.63 bits per heavy atom. The van der Waals surface area contributed by atoms with Crippen LogP contribution in [-0.2, 0) is 14.8 Å². The molecule has 0 heterocycles. The van der Waals surface area contributed by atoms with Crippen LogP contribution in [0.3, 0.4) is 0 Å². The largest absolute Gasteiger partial charge is 0.345 e. The monoisotopic (exact) mass is 453 g/mol. The first-order chi connectivity index (χ1) is 12.6. The Morgan fingerprint density at radius 3 is 2.15 bits per heavy atom. The summed E-state index contributed by atoms with van der Waals surface area (Å²) < 4.78 is 26.0.